The van der Waals surface area contributed by atoms with Gasteiger partial charge in [-0.2, -0.15) is 0 Å². The summed E-state index contributed by atoms with van der Waals surface area (Å²) in [6.07, 6.45) is 3.72. The minimum Gasteiger partial charge on any atom is -0.393 e. The molecule has 0 aromatic rings. The van der Waals surface area contributed by atoms with Gasteiger partial charge in [-0.1, -0.05) is 39.1 Å². The lowest BCUT2D eigenvalue weighted by molar-refractivity contribution is 0.164. The van der Waals surface area contributed by atoms with Gasteiger partial charge in [-0.3, -0.25) is 0 Å². The van der Waals surface area contributed by atoms with Crippen LogP contribution in [0.2, 0.25) is 25.2 Å². The Morgan fingerprint density at radius 3 is 2.17 bits per heavy atom. The zero-order chi connectivity index (χ0) is 9.78. The molecule has 0 heterocycles. The van der Waals surface area contributed by atoms with Gasteiger partial charge in [-0.05, 0) is 12.0 Å². The van der Waals surface area contributed by atoms with Crippen LogP contribution in [0.4, 0.5) is 0 Å². The maximum absolute atomic E-state index is 9.81. The highest BCUT2D eigenvalue weighted by Gasteiger charge is 2.29. The predicted octanol–water partition coefficient (Wildman–Crippen LogP) is 3.04. The maximum Gasteiger partial charge on any atom is 0.0578 e. The van der Waals surface area contributed by atoms with Crippen LogP contribution < -0.4 is 0 Å². The Morgan fingerprint density at radius 1 is 1.42 bits per heavy atom. The van der Waals surface area contributed by atoms with Crippen LogP contribution >= 0.6 is 0 Å². The molecule has 0 bridgehead atoms. The molecule has 0 saturated carbocycles. The zero-order valence-corrected chi connectivity index (χ0v) is 9.80. The molecule has 0 aromatic carbocycles. The molecule has 0 spiro atoms. The van der Waals surface area contributed by atoms with E-state index >= 15 is 0 Å². The zero-order valence-electron chi connectivity index (χ0n) is 8.80. The van der Waals surface area contributed by atoms with Gasteiger partial charge in [0, 0.05) is 0 Å². The largest absolute Gasteiger partial charge is 0.393 e. The third-order valence-corrected chi connectivity index (χ3v) is 4.87. The van der Waals surface area contributed by atoms with E-state index in [1.165, 1.54) is 0 Å². The van der Waals surface area contributed by atoms with E-state index in [2.05, 4.69) is 33.1 Å². The molecule has 0 aromatic heterocycles. The molecule has 72 valence electrons. The second-order valence-electron chi connectivity index (χ2n) is 4.48. The molecular weight excluding hydrogens is 164 g/mol. The lowest BCUT2D eigenvalue weighted by Crippen LogP contribution is -2.34. The Bertz CT molecular complexity index is 137. The first kappa shape index (κ1) is 11.9. The van der Waals surface area contributed by atoms with E-state index in [9.17, 15) is 5.11 Å². The Morgan fingerprint density at radius 2 is 1.92 bits per heavy atom. The molecule has 0 aliphatic heterocycles. The fourth-order valence-electron chi connectivity index (χ4n) is 1.56. The second kappa shape index (κ2) is 4.82. The Hall–Kier alpha value is -0.0831. The van der Waals surface area contributed by atoms with Gasteiger partial charge in [0.2, 0.25) is 0 Å². The van der Waals surface area contributed by atoms with Crippen molar-refractivity contribution in [1.29, 1.82) is 0 Å². The van der Waals surface area contributed by atoms with Gasteiger partial charge in [0.25, 0.3) is 0 Å². The first-order chi connectivity index (χ1) is 5.43. The van der Waals surface area contributed by atoms with Crippen LogP contribution in [0.5, 0.6) is 0 Å². The molecule has 0 fully saturated rings. The summed E-state index contributed by atoms with van der Waals surface area (Å²) >= 11 is 0. The van der Waals surface area contributed by atoms with Crippen LogP contribution in [0.25, 0.3) is 0 Å². The average Bonchev–Trinajstić information content (AvgIpc) is 1.85. The highest BCUT2D eigenvalue weighted by molar-refractivity contribution is 6.78. The Balaban J connectivity index is 4.24. The molecular formula is C10H22OSi. The summed E-state index contributed by atoms with van der Waals surface area (Å²) in [5.41, 5.74) is 0.345. The van der Waals surface area contributed by atoms with Gasteiger partial charge >= 0.3 is 0 Å². The van der Waals surface area contributed by atoms with Crippen molar-refractivity contribution in [3.8, 4) is 0 Å². The molecule has 0 aliphatic carbocycles. The normalized spacial score (nSPS) is 17.1. The van der Waals surface area contributed by atoms with Crippen molar-refractivity contribution < 1.29 is 5.11 Å². The Kier molecular flexibility index (Phi) is 4.79. The summed E-state index contributed by atoms with van der Waals surface area (Å²) in [5.74, 6) is 0. The summed E-state index contributed by atoms with van der Waals surface area (Å²) in [6, 6.07) is 0. The Labute approximate surface area is 77.5 Å². The monoisotopic (exact) mass is 186 g/mol. The molecule has 12 heavy (non-hydrogen) atoms. The molecule has 0 amide bonds. The van der Waals surface area contributed by atoms with Crippen molar-refractivity contribution in [2.45, 2.75) is 51.1 Å². The number of hydrogen-bond donors (Lipinski definition) is 1. The van der Waals surface area contributed by atoms with Crippen molar-refractivity contribution in [3.05, 3.63) is 12.7 Å². The first-order valence-electron chi connectivity index (χ1n) is 4.74. The van der Waals surface area contributed by atoms with E-state index in [-0.39, 0.29) is 6.10 Å². The van der Waals surface area contributed by atoms with Crippen molar-refractivity contribution >= 4 is 8.07 Å². The smallest absolute Gasteiger partial charge is 0.0578 e. The van der Waals surface area contributed by atoms with Crippen molar-refractivity contribution in [2.75, 3.05) is 0 Å². The minimum absolute atomic E-state index is 0.167. The SMILES string of the molecule is C=CC(C(O)CCC)[Si](C)(C)C. The predicted molar refractivity (Wildman–Crippen MR) is 58.2 cm³/mol. The molecule has 2 atom stereocenters. The van der Waals surface area contributed by atoms with Crippen LogP contribution in [-0.2, 0) is 0 Å². The van der Waals surface area contributed by atoms with Crippen molar-refractivity contribution in [3.63, 3.8) is 0 Å². The van der Waals surface area contributed by atoms with E-state index in [1.807, 2.05) is 6.08 Å². The molecule has 2 heteroatoms. The number of hydrogen-bond acceptors (Lipinski definition) is 1. The highest BCUT2D eigenvalue weighted by Crippen LogP contribution is 2.28. The second-order valence-corrected chi connectivity index (χ2v) is 9.88. The van der Waals surface area contributed by atoms with Crippen LogP contribution in [0.3, 0.4) is 0 Å². The van der Waals surface area contributed by atoms with Gasteiger partial charge in [-0.15, -0.1) is 6.58 Å². The van der Waals surface area contributed by atoms with Gasteiger partial charge < -0.3 is 5.11 Å². The van der Waals surface area contributed by atoms with Crippen molar-refractivity contribution in [2.24, 2.45) is 0 Å². The summed E-state index contributed by atoms with van der Waals surface area (Å²) in [7, 11) is -1.26. The maximum atomic E-state index is 9.81. The summed E-state index contributed by atoms with van der Waals surface area (Å²) in [4.78, 5) is 0. The number of rotatable bonds is 5. The fraction of sp³-hybridized carbons (Fsp3) is 0.800. The molecule has 1 N–H and O–H groups in total. The third-order valence-electron chi connectivity index (χ3n) is 2.25. The fourth-order valence-corrected chi connectivity index (χ4v) is 3.59. The minimum atomic E-state index is -1.26. The van der Waals surface area contributed by atoms with Crippen LogP contribution in [0.15, 0.2) is 12.7 Å². The first-order valence-corrected chi connectivity index (χ1v) is 8.31. The number of aliphatic hydroxyl groups is 1. The lowest BCUT2D eigenvalue weighted by Gasteiger charge is -2.30. The highest BCUT2D eigenvalue weighted by atomic mass is 28.3. The van der Waals surface area contributed by atoms with Crippen LogP contribution in [0, 0.1) is 0 Å². The van der Waals surface area contributed by atoms with Gasteiger partial charge in [-0.25, -0.2) is 0 Å². The molecule has 0 aliphatic rings. The van der Waals surface area contributed by atoms with Crippen molar-refractivity contribution in [1.82, 2.24) is 0 Å². The van der Waals surface area contributed by atoms with Gasteiger partial charge in [0.15, 0.2) is 0 Å². The molecule has 2 unspecified atom stereocenters. The van der Waals surface area contributed by atoms with E-state index in [1.54, 1.807) is 0 Å². The quantitative estimate of drug-likeness (QED) is 0.517. The van der Waals surface area contributed by atoms with Gasteiger partial charge in [0.1, 0.15) is 0 Å². The molecule has 1 nitrogen and oxygen atoms in total. The summed E-state index contributed by atoms with van der Waals surface area (Å²) in [5, 5.41) is 9.81. The average molecular weight is 186 g/mol. The molecule has 0 rings (SSSR count). The van der Waals surface area contributed by atoms with Crippen LogP contribution in [0.1, 0.15) is 19.8 Å². The van der Waals surface area contributed by atoms with E-state index in [0.717, 1.165) is 12.8 Å². The standard InChI is InChI=1S/C10H22OSi/c1-6-8-9(11)10(7-2)12(3,4)5/h7,9-11H,2,6,8H2,1,3-5H3. The molecule has 0 radical (unpaired) electrons. The number of aliphatic hydroxyl groups excluding tert-OH is 1. The van der Waals surface area contributed by atoms with E-state index in [0.29, 0.717) is 5.54 Å². The third kappa shape index (κ3) is 3.54. The lowest BCUT2D eigenvalue weighted by atomic mass is 10.1. The van der Waals surface area contributed by atoms with Crippen LogP contribution in [-0.4, -0.2) is 19.3 Å². The summed E-state index contributed by atoms with van der Waals surface area (Å²) < 4.78 is 0. The molecule has 0 saturated heterocycles. The van der Waals surface area contributed by atoms with E-state index in [4.69, 9.17) is 0 Å². The summed E-state index contributed by atoms with van der Waals surface area (Å²) in [6.45, 7) is 12.7. The van der Waals surface area contributed by atoms with E-state index < -0.39 is 8.07 Å². The van der Waals surface area contributed by atoms with Gasteiger partial charge in [0.05, 0.1) is 14.2 Å². The topological polar surface area (TPSA) is 20.2 Å².